The number of carbonyl (C=O) groups excluding carboxylic acids is 1. The number of hydrogen-bond donors (Lipinski definition) is 2. The second-order valence-corrected chi connectivity index (χ2v) is 6.74. The Bertz CT molecular complexity index is 509. The second kappa shape index (κ2) is 4.77. The molecule has 20 heavy (non-hydrogen) atoms. The largest absolute Gasteiger partial charge is 0.444 e. The highest BCUT2D eigenvalue weighted by atomic mass is 16.6. The normalized spacial score (nSPS) is 16.0. The maximum Gasteiger partial charge on any atom is 0.410 e. The Labute approximate surface area is 119 Å². The van der Waals surface area contributed by atoms with Crippen molar-refractivity contribution in [1.82, 2.24) is 15.1 Å². The molecule has 1 aromatic rings. The highest BCUT2D eigenvalue weighted by Crippen LogP contribution is 2.28. The minimum absolute atomic E-state index is 0.328. The lowest BCUT2D eigenvalue weighted by Crippen LogP contribution is -2.40. The maximum absolute atomic E-state index is 12.1. The minimum atomic E-state index is -1.03. The zero-order chi connectivity index (χ0) is 15.1. The molecule has 0 atom stereocenters. The zero-order valence-corrected chi connectivity index (χ0v) is 12.8. The highest BCUT2D eigenvalue weighted by molar-refractivity contribution is 5.68. The van der Waals surface area contributed by atoms with Crippen LogP contribution in [-0.2, 0) is 23.3 Å². The first-order valence-electron chi connectivity index (χ1n) is 6.85. The Balaban J connectivity index is 2.18. The molecule has 0 bridgehead atoms. The van der Waals surface area contributed by atoms with Crippen LogP contribution in [0.1, 0.15) is 51.6 Å². The van der Waals surface area contributed by atoms with E-state index in [0.717, 1.165) is 11.3 Å². The zero-order valence-electron chi connectivity index (χ0n) is 12.8. The van der Waals surface area contributed by atoms with Crippen LogP contribution in [0.5, 0.6) is 0 Å². The van der Waals surface area contributed by atoms with Crippen molar-refractivity contribution in [3.05, 3.63) is 17.0 Å². The fraction of sp³-hybridized carbons (Fsp3) is 0.714. The fourth-order valence-electron chi connectivity index (χ4n) is 2.28. The number of aliphatic hydroxyl groups is 1. The Kier molecular flexibility index (Phi) is 3.54. The quantitative estimate of drug-likeness (QED) is 0.824. The standard InChI is InChI=1S/C14H23N3O3/c1-13(2,3)20-12(18)17-7-6-10-9(8-17)11(16-15-10)14(4,5)19/h19H,6-8H2,1-5H3,(H,15,16). The van der Waals surface area contributed by atoms with E-state index in [2.05, 4.69) is 10.2 Å². The average Bonchev–Trinajstić information content (AvgIpc) is 2.68. The van der Waals surface area contributed by atoms with E-state index < -0.39 is 11.2 Å². The van der Waals surface area contributed by atoms with Gasteiger partial charge >= 0.3 is 6.09 Å². The van der Waals surface area contributed by atoms with E-state index in [9.17, 15) is 9.90 Å². The van der Waals surface area contributed by atoms with Crippen LogP contribution in [0.25, 0.3) is 0 Å². The van der Waals surface area contributed by atoms with Gasteiger partial charge in [-0.05, 0) is 34.6 Å². The first kappa shape index (κ1) is 14.8. The number of nitrogens with one attached hydrogen (secondary N) is 1. The molecule has 112 valence electrons. The number of hydrogen-bond acceptors (Lipinski definition) is 4. The topological polar surface area (TPSA) is 78.5 Å². The van der Waals surface area contributed by atoms with Crippen LogP contribution in [-0.4, -0.2) is 38.4 Å². The lowest BCUT2D eigenvalue weighted by Gasteiger charge is -2.30. The van der Waals surface area contributed by atoms with Crippen molar-refractivity contribution < 1.29 is 14.6 Å². The SMILES string of the molecule is CC(C)(C)OC(=O)N1CCc2[nH]nc(C(C)(C)O)c2C1. The van der Waals surface area contributed by atoms with Gasteiger partial charge in [0.05, 0.1) is 12.2 Å². The third-order valence-electron chi connectivity index (χ3n) is 3.16. The molecule has 6 nitrogen and oxygen atoms in total. The van der Waals surface area contributed by atoms with Gasteiger partial charge in [-0.2, -0.15) is 5.10 Å². The second-order valence-electron chi connectivity index (χ2n) is 6.74. The molecule has 0 fully saturated rings. The lowest BCUT2D eigenvalue weighted by molar-refractivity contribution is 0.0214. The van der Waals surface area contributed by atoms with Crippen LogP contribution >= 0.6 is 0 Å². The van der Waals surface area contributed by atoms with Gasteiger partial charge in [0.25, 0.3) is 0 Å². The number of amides is 1. The van der Waals surface area contributed by atoms with Crippen molar-refractivity contribution in [1.29, 1.82) is 0 Å². The highest BCUT2D eigenvalue weighted by Gasteiger charge is 2.32. The van der Waals surface area contributed by atoms with Crippen LogP contribution in [0.3, 0.4) is 0 Å². The average molecular weight is 281 g/mol. The van der Waals surface area contributed by atoms with Crippen molar-refractivity contribution in [3.8, 4) is 0 Å². The Morgan fingerprint density at radius 2 is 2.00 bits per heavy atom. The number of aromatic amines is 1. The Hall–Kier alpha value is -1.56. The van der Waals surface area contributed by atoms with Gasteiger partial charge in [-0.25, -0.2) is 4.79 Å². The van der Waals surface area contributed by atoms with E-state index in [0.29, 0.717) is 25.2 Å². The molecule has 1 aromatic heterocycles. The van der Waals surface area contributed by atoms with Crippen molar-refractivity contribution in [2.24, 2.45) is 0 Å². The monoisotopic (exact) mass is 281 g/mol. The van der Waals surface area contributed by atoms with Crippen LogP contribution < -0.4 is 0 Å². The van der Waals surface area contributed by atoms with E-state index >= 15 is 0 Å². The van der Waals surface area contributed by atoms with E-state index in [1.165, 1.54) is 0 Å². The number of rotatable bonds is 1. The van der Waals surface area contributed by atoms with Crippen molar-refractivity contribution in [2.75, 3.05) is 6.54 Å². The number of aromatic nitrogens is 2. The number of fused-ring (bicyclic) bond motifs is 1. The molecule has 0 unspecified atom stereocenters. The fourth-order valence-corrected chi connectivity index (χ4v) is 2.28. The third kappa shape index (κ3) is 3.12. The summed E-state index contributed by atoms with van der Waals surface area (Å²) in [7, 11) is 0. The van der Waals surface area contributed by atoms with Crippen molar-refractivity contribution >= 4 is 6.09 Å². The molecule has 1 aliphatic rings. The molecule has 6 heteroatoms. The predicted molar refractivity (Wildman–Crippen MR) is 74.2 cm³/mol. The molecule has 2 heterocycles. The van der Waals surface area contributed by atoms with Gasteiger partial charge in [0.1, 0.15) is 11.2 Å². The Morgan fingerprint density at radius 1 is 1.35 bits per heavy atom. The van der Waals surface area contributed by atoms with Crippen molar-refractivity contribution in [2.45, 2.75) is 58.8 Å². The third-order valence-corrected chi connectivity index (χ3v) is 3.16. The maximum atomic E-state index is 12.1. The smallest absolute Gasteiger partial charge is 0.410 e. The van der Waals surface area contributed by atoms with Gasteiger partial charge in [-0.3, -0.25) is 5.10 Å². The number of ether oxygens (including phenoxy) is 1. The van der Waals surface area contributed by atoms with E-state index in [1.807, 2.05) is 20.8 Å². The molecule has 0 saturated heterocycles. The van der Waals surface area contributed by atoms with Crippen LogP contribution in [0.4, 0.5) is 4.79 Å². The molecular weight excluding hydrogens is 258 g/mol. The molecule has 0 aromatic carbocycles. The summed E-state index contributed by atoms with van der Waals surface area (Å²) in [6.07, 6.45) is 0.364. The summed E-state index contributed by atoms with van der Waals surface area (Å²) in [5, 5.41) is 17.3. The molecule has 2 N–H and O–H groups in total. The molecule has 0 spiro atoms. The Morgan fingerprint density at radius 3 is 2.55 bits per heavy atom. The number of H-pyrrole nitrogens is 1. The molecule has 0 aliphatic carbocycles. The lowest BCUT2D eigenvalue weighted by atomic mass is 9.96. The van der Waals surface area contributed by atoms with Crippen LogP contribution in [0.15, 0.2) is 0 Å². The summed E-state index contributed by atoms with van der Waals surface area (Å²) in [6.45, 7) is 9.93. The van der Waals surface area contributed by atoms with Crippen molar-refractivity contribution in [3.63, 3.8) is 0 Å². The summed E-state index contributed by atoms with van der Waals surface area (Å²) in [4.78, 5) is 13.8. The number of nitrogens with zero attached hydrogens (tertiary/aromatic N) is 2. The van der Waals surface area contributed by atoms with Crippen LogP contribution in [0, 0.1) is 0 Å². The van der Waals surface area contributed by atoms with Crippen LogP contribution in [0.2, 0.25) is 0 Å². The van der Waals surface area contributed by atoms with E-state index in [-0.39, 0.29) is 6.09 Å². The summed E-state index contributed by atoms with van der Waals surface area (Å²) >= 11 is 0. The molecule has 2 rings (SSSR count). The molecule has 0 saturated carbocycles. The summed E-state index contributed by atoms with van der Waals surface area (Å²) in [5.74, 6) is 0. The summed E-state index contributed by atoms with van der Waals surface area (Å²) in [5.41, 5.74) is 0.950. The summed E-state index contributed by atoms with van der Waals surface area (Å²) < 4.78 is 5.39. The van der Waals surface area contributed by atoms with E-state index in [1.54, 1.807) is 18.7 Å². The minimum Gasteiger partial charge on any atom is -0.444 e. The molecule has 1 amide bonds. The van der Waals surface area contributed by atoms with Gasteiger partial charge in [0, 0.05) is 24.2 Å². The first-order chi connectivity index (χ1) is 9.08. The number of carbonyl (C=O) groups is 1. The van der Waals surface area contributed by atoms with Gasteiger partial charge in [-0.15, -0.1) is 0 Å². The molecular formula is C14H23N3O3. The molecule has 0 radical (unpaired) electrons. The van der Waals surface area contributed by atoms with Gasteiger partial charge in [0.15, 0.2) is 0 Å². The van der Waals surface area contributed by atoms with Gasteiger partial charge in [0.2, 0.25) is 0 Å². The van der Waals surface area contributed by atoms with Gasteiger partial charge in [-0.1, -0.05) is 0 Å². The predicted octanol–water partition coefficient (Wildman–Crippen LogP) is 1.93. The molecule has 1 aliphatic heterocycles. The van der Waals surface area contributed by atoms with E-state index in [4.69, 9.17) is 4.74 Å². The summed E-state index contributed by atoms with van der Waals surface area (Å²) in [6, 6.07) is 0. The van der Waals surface area contributed by atoms with Gasteiger partial charge < -0.3 is 14.7 Å². The first-order valence-corrected chi connectivity index (χ1v) is 6.85.